The molecule has 6 rings (SSSR count). The summed E-state index contributed by atoms with van der Waals surface area (Å²) in [5.74, 6) is -2.68. The van der Waals surface area contributed by atoms with Crippen molar-refractivity contribution in [3.05, 3.63) is 167 Å². The van der Waals surface area contributed by atoms with E-state index in [-0.39, 0.29) is 22.7 Å². The monoisotopic (exact) mass is 988 g/mol. The second kappa shape index (κ2) is 18.2. The summed E-state index contributed by atoms with van der Waals surface area (Å²) in [5.41, 5.74) is 4.83. The van der Waals surface area contributed by atoms with Crippen molar-refractivity contribution in [1.29, 1.82) is 0 Å². The van der Waals surface area contributed by atoms with Crippen LogP contribution in [0, 0.1) is 0 Å². The van der Waals surface area contributed by atoms with Crippen molar-refractivity contribution in [2.24, 2.45) is 0 Å². The maximum Gasteiger partial charge on any atom is 0.420 e. The van der Waals surface area contributed by atoms with Gasteiger partial charge in [0.2, 0.25) is 10.8 Å². The van der Waals surface area contributed by atoms with Gasteiger partial charge in [0.25, 0.3) is 0 Å². The van der Waals surface area contributed by atoms with Gasteiger partial charge in [-0.25, -0.2) is 0 Å². The van der Waals surface area contributed by atoms with Gasteiger partial charge < -0.3 is 32.4 Å². The Morgan fingerprint density at radius 3 is 0.721 bits per heavy atom. The van der Waals surface area contributed by atoms with E-state index in [1.807, 2.05) is 0 Å². The summed E-state index contributed by atoms with van der Waals surface area (Å²) < 4.78 is 260. The molecule has 6 nitrogen and oxygen atoms in total. The van der Waals surface area contributed by atoms with Crippen molar-refractivity contribution >= 4 is 22.7 Å². The van der Waals surface area contributed by atoms with Gasteiger partial charge in [-0.2, -0.15) is 79.0 Å². The fourth-order valence-corrected chi connectivity index (χ4v) is 6.95. The highest BCUT2D eigenvalue weighted by Crippen LogP contribution is 2.58. The number of halogens is 18. The second-order valence-corrected chi connectivity index (χ2v) is 14.5. The first-order valence-corrected chi connectivity index (χ1v) is 18.6. The Morgan fingerprint density at radius 2 is 0.500 bits per heavy atom. The Hall–Kier alpha value is -7.14. The van der Waals surface area contributed by atoms with E-state index in [4.69, 9.17) is 32.4 Å². The van der Waals surface area contributed by atoms with Crippen molar-refractivity contribution in [3.63, 3.8) is 0 Å². The Kier molecular flexibility index (Phi) is 13.8. The maximum absolute atomic E-state index is 14.5. The average molecular weight is 989 g/mol. The van der Waals surface area contributed by atoms with E-state index in [1.54, 1.807) is 0 Å². The number of nitrogens with two attached hydrogens (primary N) is 4. The van der Waals surface area contributed by atoms with E-state index < -0.39 is 104 Å². The quantitative estimate of drug-likeness (QED) is 0.0890. The zero-order chi connectivity index (χ0) is 51.1. The molecule has 364 valence electrons. The molecule has 8 N–H and O–H groups in total. The van der Waals surface area contributed by atoms with Crippen molar-refractivity contribution in [1.82, 2.24) is 0 Å². The lowest BCUT2D eigenvalue weighted by Crippen LogP contribution is -2.54. The van der Waals surface area contributed by atoms with Crippen molar-refractivity contribution in [2.75, 3.05) is 22.9 Å². The highest BCUT2D eigenvalue weighted by atomic mass is 19.4. The lowest BCUT2D eigenvalue weighted by molar-refractivity contribution is -0.290. The summed E-state index contributed by atoms with van der Waals surface area (Å²) in [7, 11) is 0. The van der Waals surface area contributed by atoms with E-state index in [9.17, 15) is 79.0 Å². The van der Waals surface area contributed by atoms with E-state index in [2.05, 4.69) is 0 Å². The summed E-state index contributed by atoms with van der Waals surface area (Å²) in [6.07, 6.45) is -33.2. The van der Waals surface area contributed by atoms with Crippen LogP contribution in [0.3, 0.4) is 0 Å². The fourth-order valence-electron chi connectivity index (χ4n) is 6.95. The molecule has 0 bridgehead atoms. The van der Waals surface area contributed by atoms with E-state index in [0.29, 0.717) is 60.7 Å². The molecule has 6 aromatic carbocycles. The van der Waals surface area contributed by atoms with Crippen molar-refractivity contribution < 1.29 is 88.5 Å². The Balaban J connectivity index is 0.000000314. The molecule has 0 radical (unpaired) electrons. The van der Waals surface area contributed by atoms with Crippen LogP contribution in [0.2, 0.25) is 0 Å². The molecule has 6 aromatic rings. The van der Waals surface area contributed by atoms with Gasteiger partial charge >= 0.3 is 37.1 Å². The number of anilines is 4. The van der Waals surface area contributed by atoms with Gasteiger partial charge in [-0.3, -0.25) is 0 Å². The van der Waals surface area contributed by atoms with Crippen LogP contribution in [0.25, 0.3) is 0 Å². The van der Waals surface area contributed by atoms with Gasteiger partial charge in [0, 0.05) is 22.7 Å². The predicted molar refractivity (Wildman–Crippen MR) is 212 cm³/mol. The SMILES string of the molecule is Nc1ccc(C(c2ccc(N)cc2)(C(F)(F)F)C(F)(F)F)cc1.Nc1ccc(Oc2ccc(C(c3ccc(Oc4ccc(N)cc4C(F)(F)F)cc3)(C(F)(F)F)C(F)(F)F)cc2)c(C(F)(F)F)c1. The minimum Gasteiger partial charge on any atom is -0.457 e. The van der Waals surface area contributed by atoms with Crippen LogP contribution in [0.15, 0.2) is 133 Å². The number of rotatable bonds is 8. The molecule has 0 unspecified atom stereocenters. The first-order valence-electron chi connectivity index (χ1n) is 18.6. The minimum atomic E-state index is -6.04. The predicted octanol–water partition coefficient (Wildman–Crippen LogP) is 14.1. The fraction of sp³-hybridized carbons (Fsp3) is 0.182. The maximum atomic E-state index is 14.5. The molecule has 0 saturated heterocycles. The van der Waals surface area contributed by atoms with E-state index in [1.165, 1.54) is 0 Å². The van der Waals surface area contributed by atoms with E-state index >= 15 is 0 Å². The molecule has 0 heterocycles. The zero-order valence-electron chi connectivity index (χ0n) is 33.6. The normalized spacial score (nSPS) is 13.1. The van der Waals surface area contributed by atoms with Crippen LogP contribution in [-0.2, 0) is 23.2 Å². The number of hydrogen-bond acceptors (Lipinski definition) is 6. The average Bonchev–Trinajstić information content (AvgIpc) is 3.20. The van der Waals surface area contributed by atoms with Gasteiger partial charge in [0.1, 0.15) is 34.1 Å². The summed E-state index contributed by atoms with van der Waals surface area (Å²) in [6.45, 7) is 0. The first-order chi connectivity index (χ1) is 31.1. The highest BCUT2D eigenvalue weighted by Gasteiger charge is 2.73. The summed E-state index contributed by atoms with van der Waals surface area (Å²) in [4.78, 5) is 0. The molecule has 0 spiro atoms. The second-order valence-electron chi connectivity index (χ2n) is 14.5. The molecule has 0 fully saturated rings. The van der Waals surface area contributed by atoms with Crippen LogP contribution in [0.5, 0.6) is 23.0 Å². The van der Waals surface area contributed by atoms with Gasteiger partial charge in [-0.05, 0) is 107 Å². The third-order valence-corrected chi connectivity index (χ3v) is 10.0. The number of benzene rings is 6. The number of hydrogen-bond donors (Lipinski definition) is 4. The largest absolute Gasteiger partial charge is 0.457 e. The lowest BCUT2D eigenvalue weighted by atomic mass is 9.73. The standard InChI is InChI=1S/C29H18F12N2O2.C15H12F6N2/c30-26(31,32)21-13-17(42)5-11-23(21)44-19-7-1-15(2-8-19)25(28(36,37)38,29(39,40)41)16-3-9-20(10-4-16)45-24-12-6-18(43)14-22(24)27(33,34)35;16-14(17,18)13(15(19,20)21,9-1-5-11(22)6-2-9)10-3-7-12(23)8-4-10/h1-14H,42-43H2;1-8H,22-23H2. The van der Waals surface area contributed by atoms with Crippen LogP contribution in [0.1, 0.15) is 33.4 Å². The molecule has 68 heavy (non-hydrogen) atoms. The van der Waals surface area contributed by atoms with Crippen LogP contribution >= 0.6 is 0 Å². The molecule has 0 aliphatic carbocycles. The van der Waals surface area contributed by atoms with Gasteiger partial charge in [-0.15, -0.1) is 0 Å². The van der Waals surface area contributed by atoms with Gasteiger partial charge in [-0.1, -0.05) is 48.5 Å². The Labute approximate surface area is 371 Å². The highest BCUT2D eigenvalue weighted by molar-refractivity contribution is 5.54. The van der Waals surface area contributed by atoms with Gasteiger partial charge in [0.05, 0.1) is 0 Å². The van der Waals surface area contributed by atoms with Crippen LogP contribution in [-0.4, -0.2) is 24.7 Å². The first kappa shape index (κ1) is 51.8. The molecule has 0 atom stereocenters. The molecule has 0 aromatic heterocycles. The number of alkyl halides is 18. The molecule has 24 heteroatoms. The third kappa shape index (κ3) is 10.2. The van der Waals surface area contributed by atoms with Crippen molar-refractivity contribution in [3.8, 4) is 23.0 Å². The lowest BCUT2D eigenvalue weighted by Gasteiger charge is -2.38. The third-order valence-electron chi connectivity index (χ3n) is 10.0. The Morgan fingerprint density at radius 1 is 0.279 bits per heavy atom. The minimum absolute atomic E-state index is 0.0595. The summed E-state index contributed by atoms with van der Waals surface area (Å²) >= 11 is 0. The van der Waals surface area contributed by atoms with Crippen LogP contribution in [0.4, 0.5) is 102 Å². The molecule has 0 aliphatic heterocycles. The molecular formula is C44H30F18N4O2. The van der Waals surface area contributed by atoms with Crippen LogP contribution < -0.4 is 32.4 Å². The van der Waals surface area contributed by atoms with Gasteiger partial charge in [0.15, 0.2) is 0 Å². The summed E-state index contributed by atoms with van der Waals surface area (Å²) in [6, 6.07) is 15.7. The Bertz CT molecular complexity index is 2490. The summed E-state index contributed by atoms with van der Waals surface area (Å²) in [5, 5.41) is 0. The number of nitrogen functional groups attached to an aromatic ring is 4. The van der Waals surface area contributed by atoms with E-state index in [0.717, 1.165) is 72.8 Å². The molecule has 0 amide bonds. The molecular weight excluding hydrogens is 958 g/mol. The molecule has 0 aliphatic rings. The number of ether oxygens (including phenoxy) is 2. The van der Waals surface area contributed by atoms with Crippen molar-refractivity contribution in [2.45, 2.75) is 47.9 Å². The molecule has 0 saturated carbocycles. The topological polar surface area (TPSA) is 123 Å². The zero-order valence-corrected chi connectivity index (χ0v) is 33.6. The smallest absolute Gasteiger partial charge is 0.420 e.